The van der Waals surface area contributed by atoms with Crippen molar-refractivity contribution >= 4 is 21.6 Å². The first-order valence-electron chi connectivity index (χ1n) is 10.8. The average molecular weight is 471 g/mol. The van der Waals surface area contributed by atoms with Crippen molar-refractivity contribution in [2.45, 2.75) is 17.9 Å². The Hall–Kier alpha value is -2.38. The lowest BCUT2D eigenvalue weighted by Gasteiger charge is -2.39. The molecule has 1 saturated heterocycles. The molecule has 7 heteroatoms. The summed E-state index contributed by atoms with van der Waals surface area (Å²) in [7, 11) is -3.63. The van der Waals surface area contributed by atoms with Gasteiger partial charge in [0.15, 0.2) is 0 Å². The minimum absolute atomic E-state index is 0.0855. The molecule has 0 aliphatic carbocycles. The van der Waals surface area contributed by atoms with Crippen molar-refractivity contribution in [3.8, 4) is 5.75 Å². The summed E-state index contributed by atoms with van der Waals surface area (Å²) in [6.45, 7) is 4.38. The minimum Gasteiger partial charge on any atom is -0.492 e. The predicted molar refractivity (Wildman–Crippen MR) is 128 cm³/mol. The fourth-order valence-corrected chi connectivity index (χ4v) is 5.76. The Kier molecular flexibility index (Phi) is 7.16. The Labute approximate surface area is 195 Å². The van der Waals surface area contributed by atoms with Gasteiger partial charge in [-0.3, -0.25) is 4.90 Å². The smallest absolute Gasteiger partial charge is 0.243 e. The topological polar surface area (TPSA) is 49.9 Å². The lowest BCUT2D eigenvalue weighted by atomic mass is 9.96. The van der Waals surface area contributed by atoms with Gasteiger partial charge in [-0.05, 0) is 30.2 Å². The zero-order valence-corrected chi connectivity index (χ0v) is 19.6. The van der Waals surface area contributed by atoms with E-state index in [2.05, 4.69) is 29.2 Å². The summed E-state index contributed by atoms with van der Waals surface area (Å²) in [6, 6.07) is 25.4. The fourth-order valence-electron chi connectivity index (χ4n) is 4.15. The van der Waals surface area contributed by atoms with Crippen molar-refractivity contribution < 1.29 is 13.2 Å². The molecule has 0 saturated carbocycles. The van der Waals surface area contributed by atoms with E-state index < -0.39 is 10.0 Å². The molecule has 3 aromatic carbocycles. The molecule has 0 spiro atoms. The molecule has 0 unspecified atom stereocenters. The number of benzene rings is 3. The third-order valence-corrected chi connectivity index (χ3v) is 7.92. The summed E-state index contributed by atoms with van der Waals surface area (Å²) in [5, 5.41) is 0.407. The number of piperazine rings is 1. The summed E-state index contributed by atoms with van der Waals surface area (Å²) < 4.78 is 33.6. The monoisotopic (exact) mass is 470 g/mol. The van der Waals surface area contributed by atoms with E-state index in [1.165, 1.54) is 17.2 Å². The Bertz CT molecular complexity index is 1090. The van der Waals surface area contributed by atoms with E-state index in [9.17, 15) is 8.42 Å². The van der Waals surface area contributed by atoms with E-state index in [4.69, 9.17) is 16.3 Å². The summed E-state index contributed by atoms with van der Waals surface area (Å²) in [5.74, 6) is 0.391. The van der Waals surface area contributed by atoms with Crippen LogP contribution in [-0.2, 0) is 10.0 Å². The Morgan fingerprint density at radius 2 is 1.44 bits per heavy atom. The van der Waals surface area contributed by atoms with Crippen molar-refractivity contribution in [1.82, 2.24) is 9.21 Å². The summed E-state index contributed by atoms with van der Waals surface area (Å²) in [5.41, 5.74) is 2.41. The maximum atomic E-state index is 13.3. The van der Waals surface area contributed by atoms with Crippen molar-refractivity contribution in [2.75, 3.05) is 32.8 Å². The number of rotatable bonds is 7. The van der Waals surface area contributed by atoms with Crippen LogP contribution in [0.5, 0.6) is 5.75 Å². The highest BCUT2D eigenvalue weighted by Gasteiger charge is 2.32. The van der Waals surface area contributed by atoms with Crippen molar-refractivity contribution in [1.29, 1.82) is 0 Å². The number of hydrogen-bond donors (Lipinski definition) is 0. The minimum atomic E-state index is -3.63. The SMILES string of the molecule is CCOc1cc(S(=O)(=O)N2CCN(C(c3ccccc3)c3ccccc3)CC2)ccc1Cl. The van der Waals surface area contributed by atoms with Crippen molar-refractivity contribution in [2.24, 2.45) is 0 Å². The Morgan fingerprint density at radius 1 is 0.875 bits per heavy atom. The van der Waals surface area contributed by atoms with Crippen LogP contribution in [0.25, 0.3) is 0 Å². The molecule has 1 aliphatic rings. The van der Waals surface area contributed by atoms with Crippen LogP contribution in [-0.4, -0.2) is 50.4 Å². The van der Waals surface area contributed by atoms with Gasteiger partial charge in [0.25, 0.3) is 0 Å². The molecule has 0 bridgehead atoms. The van der Waals surface area contributed by atoms with Crippen molar-refractivity contribution in [3.63, 3.8) is 0 Å². The molecule has 0 aromatic heterocycles. The Morgan fingerprint density at radius 3 is 1.97 bits per heavy atom. The molecule has 5 nitrogen and oxygen atoms in total. The van der Waals surface area contributed by atoms with Gasteiger partial charge in [-0.25, -0.2) is 8.42 Å². The van der Waals surface area contributed by atoms with Crippen LogP contribution >= 0.6 is 11.6 Å². The van der Waals surface area contributed by atoms with E-state index in [0.29, 0.717) is 43.6 Å². The van der Waals surface area contributed by atoms with Crippen LogP contribution in [0.4, 0.5) is 0 Å². The maximum absolute atomic E-state index is 13.3. The molecular weight excluding hydrogens is 444 g/mol. The molecule has 1 fully saturated rings. The Balaban J connectivity index is 1.54. The van der Waals surface area contributed by atoms with Gasteiger partial charge < -0.3 is 4.74 Å². The first-order chi connectivity index (χ1) is 15.5. The average Bonchev–Trinajstić information content (AvgIpc) is 2.82. The van der Waals surface area contributed by atoms with Gasteiger partial charge >= 0.3 is 0 Å². The molecule has 0 radical (unpaired) electrons. The van der Waals surface area contributed by atoms with Gasteiger partial charge in [0, 0.05) is 32.2 Å². The maximum Gasteiger partial charge on any atom is 0.243 e. The lowest BCUT2D eigenvalue weighted by Crippen LogP contribution is -2.49. The van der Waals surface area contributed by atoms with Gasteiger partial charge in [-0.2, -0.15) is 4.31 Å². The number of hydrogen-bond acceptors (Lipinski definition) is 4. The molecular formula is C25H27ClN2O3S. The second-order valence-electron chi connectivity index (χ2n) is 7.69. The zero-order chi connectivity index (χ0) is 22.6. The third-order valence-electron chi connectivity index (χ3n) is 5.71. The fraction of sp³-hybridized carbons (Fsp3) is 0.280. The summed E-state index contributed by atoms with van der Waals surface area (Å²) in [4.78, 5) is 2.56. The standard InChI is InChI=1S/C25H27ClN2O3S/c1-2-31-24-19-22(13-14-23(24)26)32(29,30)28-17-15-27(16-18-28)25(20-9-5-3-6-10-20)21-11-7-4-8-12-21/h3-14,19,25H,2,15-18H2,1H3. The first-order valence-corrected chi connectivity index (χ1v) is 12.6. The van der Waals surface area contributed by atoms with Crippen LogP contribution in [0.1, 0.15) is 24.1 Å². The molecule has 168 valence electrons. The number of nitrogens with zero attached hydrogens (tertiary/aromatic N) is 2. The van der Waals surface area contributed by atoms with Crippen LogP contribution in [0.3, 0.4) is 0 Å². The van der Waals surface area contributed by atoms with Crippen LogP contribution in [0.15, 0.2) is 83.8 Å². The summed E-state index contributed by atoms with van der Waals surface area (Å²) >= 11 is 6.14. The molecule has 1 heterocycles. The molecule has 3 aromatic rings. The van der Waals surface area contributed by atoms with Gasteiger partial charge in [0.05, 0.1) is 22.6 Å². The lowest BCUT2D eigenvalue weighted by molar-refractivity contribution is 0.156. The number of sulfonamides is 1. The normalized spacial score (nSPS) is 15.7. The van der Waals surface area contributed by atoms with Gasteiger partial charge in [-0.15, -0.1) is 0 Å². The number of halogens is 1. The van der Waals surface area contributed by atoms with Crippen LogP contribution in [0.2, 0.25) is 5.02 Å². The van der Waals surface area contributed by atoms with E-state index in [1.807, 2.05) is 43.3 Å². The van der Waals surface area contributed by atoms with Gasteiger partial charge in [-0.1, -0.05) is 72.3 Å². The summed E-state index contributed by atoms with van der Waals surface area (Å²) in [6.07, 6.45) is 0. The van der Waals surface area contributed by atoms with Crippen LogP contribution < -0.4 is 4.74 Å². The van der Waals surface area contributed by atoms with E-state index in [0.717, 1.165) is 0 Å². The molecule has 0 N–H and O–H groups in total. The van der Waals surface area contributed by atoms with Gasteiger partial charge in [0.2, 0.25) is 10.0 Å². The molecule has 0 amide bonds. The van der Waals surface area contributed by atoms with E-state index in [-0.39, 0.29) is 10.9 Å². The zero-order valence-electron chi connectivity index (χ0n) is 18.0. The van der Waals surface area contributed by atoms with Gasteiger partial charge in [0.1, 0.15) is 5.75 Å². The molecule has 4 rings (SSSR count). The molecule has 0 atom stereocenters. The quantitative estimate of drug-likeness (QED) is 0.496. The van der Waals surface area contributed by atoms with E-state index >= 15 is 0 Å². The highest BCUT2D eigenvalue weighted by atomic mass is 35.5. The largest absolute Gasteiger partial charge is 0.492 e. The van der Waals surface area contributed by atoms with E-state index in [1.54, 1.807) is 16.4 Å². The van der Waals surface area contributed by atoms with Crippen molar-refractivity contribution in [3.05, 3.63) is 95.0 Å². The molecule has 32 heavy (non-hydrogen) atoms. The highest BCUT2D eigenvalue weighted by Crippen LogP contribution is 2.32. The van der Waals surface area contributed by atoms with Crippen LogP contribution in [0, 0.1) is 0 Å². The molecule has 1 aliphatic heterocycles. The second kappa shape index (κ2) is 10.0. The predicted octanol–water partition coefficient (Wildman–Crippen LogP) is 4.83. The first kappa shape index (κ1) is 22.8. The second-order valence-corrected chi connectivity index (χ2v) is 10.0. The third kappa shape index (κ3) is 4.84. The number of ether oxygens (including phenoxy) is 1. The highest BCUT2D eigenvalue weighted by molar-refractivity contribution is 7.89.